The minimum Gasteiger partial charge on any atom is -0.340 e. The van der Waals surface area contributed by atoms with E-state index in [2.05, 4.69) is 25.7 Å². The van der Waals surface area contributed by atoms with Gasteiger partial charge in [-0.25, -0.2) is 0 Å². The van der Waals surface area contributed by atoms with Gasteiger partial charge >= 0.3 is 0 Å². The predicted octanol–water partition coefficient (Wildman–Crippen LogP) is 1.84. The summed E-state index contributed by atoms with van der Waals surface area (Å²) in [6.07, 6.45) is 5.94. The molecule has 0 aromatic carbocycles. The van der Waals surface area contributed by atoms with Gasteiger partial charge < -0.3 is 10.6 Å². The number of hydrogen-bond donors (Lipinski definition) is 1. The van der Waals surface area contributed by atoms with Gasteiger partial charge in [0.15, 0.2) is 0 Å². The Balaban J connectivity index is 1.76. The zero-order valence-corrected chi connectivity index (χ0v) is 13.4. The van der Waals surface area contributed by atoms with Gasteiger partial charge in [0.2, 0.25) is 5.91 Å². The molecule has 4 heteroatoms. The first kappa shape index (κ1) is 15.8. The number of rotatable bonds is 3. The van der Waals surface area contributed by atoms with Crippen molar-refractivity contribution in [1.29, 1.82) is 0 Å². The maximum atomic E-state index is 12.3. The lowest BCUT2D eigenvalue weighted by molar-refractivity contribution is -0.134. The SMILES string of the molecule is CC(C)(C)C(N)CC(=O)N1CCN(C2CCCC2)CC1. The molecule has 0 aromatic rings. The summed E-state index contributed by atoms with van der Waals surface area (Å²) < 4.78 is 0. The zero-order valence-electron chi connectivity index (χ0n) is 13.4. The highest BCUT2D eigenvalue weighted by Gasteiger charge is 2.30. The van der Waals surface area contributed by atoms with E-state index < -0.39 is 0 Å². The van der Waals surface area contributed by atoms with Gasteiger partial charge in [0.05, 0.1) is 0 Å². The molecule has 2 N–H and O–H groups in total. The van der Waals surface area contributed by atoms with Crippen molar-refractivity contribution in [3.05, 3.63) is 0 Å². The molecule has 1 saturated heterocycles. The van der Waals surface area contributed by atoms with Crippen LogP contribution in [0.5, 0.6) is 0 Å². The average Bonchev–Trinajstić information content (AvgIpc) is 2.91. The fourth-order valence-electron chi connectivity index (χ4n) is 3.23. The van der Waals surface area contributed by atoms with Crippen LogP contribution in [0.4, 0.5) is 0 Å². The van der Waals surface area contributed by atoms with Crippen molar-refractivity contribution in [2.24, 2.45) is 11.1 Å². The number of nitrogens with two attached hydrogens (primary N) is 1. The van der Waals surface area contributed by atoms with Gasteiger partial charge in [0.25, 0.3) is 0 Å². The summed E-state index contributed by atoms with van der Waals surface area (Å²) in [5.41, 5.74) is 6.13. The molecule has 1 amide bonds. The summed E-state index contributed by atoms with van der Waals surface area (Å²) in [5.74, 6) is 0.235. The maximum absolute atomic E-state index is 12.3. The van der Waals surface area contributed by atoms with Gasteiger partial charge in [-0.15, -0.1) is 0 Å². The van der Waals surface area contributed by atoms with Gasteiger partial charge in [-0.3, -0.25) is 9.69 Å². The summed E-state index contributed by atoms with van der Waals surface area (Å²) in [6.45, 7) is 10.1. The molecule has 2 fully saturated rings. The quantitative estimate of drug-likeness (QED) is 0.858. The van der Waals surface area contributed by atoms with Gasteiger partial charge in [0, 0.05) is 44.7 Å². The van der Waals surface area contributed by atoms with Crippen LogP contribution in [0.1, 0.15) is 52.9 Å². The number of carbonyl (C=O) groups is 1. The standard InChI is InChI=1S/C16H31N3O/c1-16(2,3)14(17)12-15(20)19-10-8-18(9-11-19)13-6-4-5-7-13/h13-14H,4-12,17H2,1-3H3. The molecule has 1 atom stereocenters. The maximum Gasteiger partial charge on any atom is 0.224 e. The Morgan fingerprint density at radius 2 is 1.70 bits per heavy atom. The van der Waals surface area contributed by atoms with E-state index in [4.69, 9.17) is 5.73 Å². The molecule has 1 aliphatic heterocycles. The molecule has 20 heavy (non-hydrogen) atoms. The Morgan fingerprint density at radius 1 is 1.15 bits per heavy atom. The van der Waals surface area contributed by atoms with Crippen LogP contribution >= 0.6 is 0 Å². The average molecular weight is 281 g/mol. The van der Waals surface area contributed by atoms with E-state index in [1.165, 1.54) is 25.7 Å². The lowest BCUT2D eigenvalue weighted by atomic mass is 9.85. The van der Waals surface area contributed by atoms with Crippen molar-refractivity contribution in [3.63, 3.8) is 0 Å². The Kier molecular flexibility index (Phi) is 5.08. The molecule has 2 aliphatic rings. The van der Waals surface area contributed by atoms with Gasteiger partial charge in [-0.2, -0.15) is 0 Å². The van der Waals surface area contributed by atoms with Crippen LogP contribution < -0.4 is 5.73 Å². The van der Waals surface area contributed by atoms with E-state index in [1.54, 1.807) is 0 Å². The fraction of sp³-hybridized carbons (Fsp3) is 0.938. The Morgan fingerprint density at radius 3 is 2.20 bits per heavy atom. The monoisotopic (exact) mass is 281 g/mol. The Hall–Kier alpha value is -0.610. The van der Waals surface area contributed by atoms with Gasteiger partial charge in [-0.05, 0) is 18.3 Å². The normalized spacial score (nSPS) is 24.1. The van der Waals surface area contributed by atoms with Crippen LogP contribution in [-0.4, -0.2) is 54.0 Å². The number of piperazine rings is 1. The first-order chi connectivity index (χ1) is 9.38. The van der Waals surface area contributed by atoms with E-state index in [1.807, 2.05) is 4.90 Å². The number of hydrogen-bond acceptors (Lipinski definition) is 3. The van der Waals surface area contributed by atoms with Crippen LogP contribution in [0, 0.1) is 5.41 Å². The highest BCUT2D eigenvalue weighted by atomic mass is 16.2. The van der Waals surface area contributed by atoms with E-state index in [0.29, 0.717) is 6.42 Å². The van der Waals surface area contributed by atoms with Gasteiger partial charge in [0.1, 0.15) is 0 Å². The third kappa shape index (κ3) is 3.95. The van der Waals surface area contributed by atoms with Crippen LogP contribution in [-0.2, 0) is 4.79 Å². The minimum absolute atomic E-state index is 0.00132. The lowest BCUT2D eigenvalue weighted by Gasteiger charge is -2.39. The first-order valence-corrected chi connectivity index (χ1v) is 8.15. The van der Waals surface area contributed by atoms with Crippen molar-refractivity contribution in [3.8, 4) is 0 Å². The third-order valence-electron chi connectivity index (χ3n) is 5.01. The molecular weight excluding hydrogens is 250 g/mol. The largest absolute Gasteiger partial charge is 0.340 e. The molecule has 0 aromatic heterocycles. The Bertz CT molecular complexity index is 323. The highest BCUT2D eigenvalue weighted by Crippen LogP contribution is 2.25. The molecule has 1 aliphatic carbocycles. The molecule has 1 saturated carbocycles. The predicted molar refractivity (Wildman–Crippen MR) is 82.5 cm³/mol. The molecule has 2 rings (SSSR count). The second kappa shape index (κ2) is 6.44. The second-order valence-electron chi connectivity index (χ2n) is 7.53. The summed E-state index contributed by atoms with van der Waals surface area (Å²) in [6, 6.07) is 0.729. The molecule has 0 bridgehead atoms. The molecule has 116 valence electrons. The van der Waals surface area contributed by atoms with Crippen molar-refractivity contribution < 1.29 is 4.79 Å². The molecular formula is C16H31N3O. The summed E-state index contributed by atoms with van der Waals surface area (Å²) in [7, 11) is 0. The Labute approximate surface area is 123 Å². The van der Waals surface area contributed by atoms with Crippen molar-refractivity contribution >= 4 is 5.91 Å². The van der Waals surface area contributed by atoms with Crippen LogP contribution in [0.15, 0.2) is 0 Å². The van der Waals surface area contributed by atoms with Crippen molar-refractivity contribution in [2.45, 2.75) is 65.0 Å². The van der Waals surface area contributed by atoms with Crippen LogP contribution in [0.3, 0.4) is 0 Å². The molecule has 1 unspecified atom stereocenters. The highest BCUT2D eigenvalue weighted by molar-refractivity contribution is 5.77. The second-order valence-corrected chi connectivity index (χ2v) is 7.53. The molecule has 0 spiro atoms. The van der Waals surface area contributed by atoms with Crippen LogP contribution in [0.25, 0.3) is 0 Å². The lowest BCUT2D eigenvalue weighted by Crippen LogP contribution is -2.52. The minimum atomic E-state index is -0.0529. The number of amides is 1. The van der Waals surface area contributed by atoms with E-state index >= 15 is 0 Å². The summed E-state index contributed by atoms with van der Waals surface area (Å²) in [4.78, 5) is 16.9. The topological polar surface area (TPSA) is 49.6 Å². The number of nitrogens with zero attached hydrogens (tertiary/aromatic N) is 2. The van der Waals surface area contributed by atoms with E-state index in [0.717, 1.165) is 32.2 Å². The zero-order chi connectivity index (χ0) is 14.8. The fourth-order valence-corrected chi connectivity index (χ4v) is 3.23. The van der Waals surface area contributed by atoms with Crippen LogP contribution in [0.2, 0.25) is 0 Å². The summed E-state index contributed by atoms with van der Waals surface area (Å²) >= 11 is 0. The van der Waals surface area contributed by atoms with Crippen molar-refractivity contribution in [2.75, 3.05) is 26.2 Å². The van der Waals surface area contributed by atoms with E-state index in [-0.39, 0.29) is 17.4 Å². The first-order valence-electron chi connectivity index (χ1n) is 8.15. The summed E-state index contributed by atoms with van der Waals surface area (Å²) in [5, 5.41) is 0. The molecule has 1 heterocycles. The third-order valence-corrected chi connectivity index (χ3v) is 5.01. The van der Waals surface area contributed by atoms with E-state index in [9.17, 15) is 4.79 Å². The number of carbonyl (C=O) groups excluding carboxylic acids is 1. The molecule has 4 nitrogen and oxygen atoms in total. The van der Waals surface area contributed by atoms with Crippen molar-refractivity contribution in [1.82, 2.24) is 9.80 Å². The molecule has 0 radical (unpaired) electrons. The van der Waals surface area contributed by atoms with Gasteiger partial charge in [-0.1, -0.05) is 33.6 Å². The smallest absolute Gasteiger partial charge is 0.224 e.